The number of benzene rings is 2. The second-order valence-electron chi connectivity index (χ2n) is 6.04. The molecule has 134 valence electrons. The first kappa shape index (κ1) is 17.8. The molecule has 0 fully saturated rings. The summed E-state index contributed by atoms with van der Waals surface area (Å²) >= 11 is 0. The van der Waals surface area contributed by atoms with E-state index in [0.717, 1.165) is 14.2 Å². The molecule has 3 atom stereocenters. The molecule has 26 heavy (non-hydrogen) atoms. The fraction of sp³-hybridized carbons (Fsp3) is 0.250. The molecule has 6 nitrogen and oxygen atoms in total. The molecule has 0 bridgehead atoms. The number of carbonyl (C=O) groups is 3. The topological polar surface area (TPSA) is 89.9 Å². The fourth-order valence-electron chi connectivity index (χ4n) is 3.59. The molecule has 0 aliphatic heterocycles. The van der Waals surface area contributed by atoms with Crippen molar-refractivity contribution >= 4 is 17.7 Å². The van der Waals surface area contributed by atoms with Gasteiger partial charge in [-0.05, 0) is 11.1 Å². The molecule has 2 aromatic carbocycles. The van der Waals surface area contributed by atoms with Crippen molar-refractivity contribution in [2.24, 2.45) is 11.8 Å². The zero-order valence-electron chi connectivity index (χ0n) is 14.3. The van der Waals surface area contributed by atoms with Gasteiger partial charge in [-0.3, -0.25) is 14.4 Å². The van der Waals surface area contributed by atoms with Crippen LogP contribution in [-0.2, 0) is 24.7 Å². The van der Waals surface area contributed by atoms with E-state index in [1.807, 2.05) is 0 Å². The van der Waals surface area contributed by atoms with Gasteiger partial charge in [0.05, 0.1) is 14.2 Å². The summed E-state index contributed by atoms with van der Waals surface area (Å²) in [5.74, 6) is -5.32. The third-order valence-corrected chi connectivity index (χ3v) is 4.79. The summed E-state index contributed by atoms with van der Waals surface area (Å²) in [5.41, 5.74) is -1.11. The molecule has 6 heteroatoms. The SMILES string of the molecule is COC(=O)C1C(=O)c2ccccc2C(O)(c2ccccc2)C1C(=O)OC. The maximum Gasteiger partial charge on any atom is 0.317 e. The summed E-state index contributed by atoms with van der Waals surface area (Å²) in [6, 6.07) is 14.8. The number of Topliss-reactive ketones (excluding diaryl/α,β-unsaturated/α-hetero) is 1. The lowest BCUT2D eigenvalue weighted by Gasteiger charge is -2.42. The summed E-state index contributed by atoms with van der Waals surface area (Å²) in [4.78, 5) is 37.9. The summed E-state index contributed by atoms with van der Waals surface area (Å²) in [6.07, 6.45) is 0. The van der Waals surface area contributed by atoms with Crippen molar-refractivity contribution in [3.05, 3.63) is 71.3 Å². The molecular formula is C20H18O6. The first-order valence-electron chi connectivity index (χ1n) is 8.04. The lowest BCUT2D eigenvalue weighted by atomic mass is 9.62. The standard InChI is InChI=1S/C20H18O6/c1-25-18(22)15-16(19(23)26-2)20(24,12-8-4-3-5-9-12)14-11-7-6-10-13(14)17(15)21/h3-11,15-16,24H,1-2H3. The second-order valence-corrected chi connectivity index (χ2v) is 6.04. The van der Waals surface area contributed by atoms with Gasteiger partial charge < -0.3 is 14.6 Å². The van der Waals surface area contributed by atoms with Gasteiger partial charge in [-0.15, -0.1) is 0 Å². The van der Waals surface area contributed by atoms with Crippen LogP contribution < -0.4 is 0 Å². The number of esters is 2. The van der Waals surface area contributed by atoms with Gasteiger partial charge in [-0.1, -0.05) is 54.6 Å². The minimum atomic E-state index is -1.92. The van der Waals surface area contributed by atoms with Gasteiger partial charge >= 0.3 is 11.9 Å². The molecule has 0 amide bonds. The normalized spacial score (nSPS) is 24.5. The Balaban J connectivity index is 2.36. The van der Waals surface area contributed by atoms with Crippen LogP contribution in [0.3, 0.4) is 0 Å². The van der Waals surface area contributed by atoms with Gasteiger partial charge in [-0.25, -0.2) is 0 Å². The molecule has 0 aromatic heterocycles. The quantitative estimate of drug-likeness (QED) is 0.666. The molecule has 2 aromatic rings. The number of fused-ring (bicyclic) bond motifs is 1. The van der Waals surface area contributed by atoms with Crippen LogP contribution in [-0.4, -0.2) is 37.0 Å². The Morgan fingerprint density at radius 1 is 0.923 bits per heavy atom. The van der Waals surface area contributed by atoms with Crippen LogP contribution in [0.25, 0.3) is 0 Å². The molecule has 0 saturated heterocycles. The van der Waals surface area contributed by atoms with Crippen LogP contribution in [0, 0.1) is 11.8 Å². The minimum absolute atomic E-state index is 0.175. The molecule has 1 aliphatic carbocycles. The van der Waals surface area contributed by atoms with Gasteiger partial charge in [0.25, 0.3) is 0 Å². The number of rotatable bonds is 3. The first-order valence-corrected chi connectivity index (χ1v) is 8.04. The molecule has 1 N–H and O–H groups in total. The number of ether oxygens (including phenoxy) is 2. The van der Waals surface area contributed by atoms with E-state index in [0.29, 0.717) is 5.56 Å². The van der Waals surface area contributed by atoms with Crippen molar-refractivity contribution in [3.63, 3.8) is 0 Å². The Hall–Kier alpha value is -2.99. The predicted octanol–water partition coefficient (Wildman–Crippen LogP) is 1.70. The van der Waals surface area contributed by atoms with Crippen LogP contribution in [0.4, 0.5) is 0 Å². The summed E-state index contributed by atoms with van der Waals surface area (Å²) < 4.78 is 9.59. The van der Waals surface area contributed by atoms with Gasteiger partial charge in [0.15, 0.2) is 5.78 Å². The number of ketones is 1. The molecule has 0 radical (unpaired) electrons. The van der Waals surface area contributed by atoms with Crippen LogP contribution in [0.5, 0.6) is 0 Å². The van der Waals surface area contributed by atoms with Crippen molar-refractivity contribution in [1.82, 2.24) is 0 Å². The molecule has 3 unspecified atom stereocenters. The molecule has 0 heterocycles. The van der Waals surface area contributed by atoms with Gasteiger partial charge in [-0.2, -0.15) is 0 Å². The lowest BCUT2D eigenvalue weighted by Crippen LogP contribution is -2.54. The third kappa shape index (κ3) is 2.50. The highest BCUT2D eigenvalue weighted by Gasteiger charge is 2.59. The number of carbonyl (C=O) groups excluding carboxylic acids is 3. The Labute approximate surface area is 150 Å². The Bertz CT molecular complexity index is 860. The van der Waals surface area contributed by atoms with Crippen molar-refractivity contribution in [2.45, 2.75) is 5.60 Å². The monoisotopic (exact) mass is 354 g/mol. The molecule has 0 saturated carbocycles. The Morgan fingerprint density at radius 2 is 1.50 bits per heavy atom. The molecular weight excluding hydrogens is 336 g/mol. The van der Waals surface area contributed by atoms with Gasteiger partial charge in [0.1, 0.15) is 17.4 Å². The van der Waals surface area contributed by atoms with E-state index in [1.165, 1.54) is 6.07 Å². The highest BCUT2D eigenvalue weighted by Crippen LogP contribution is 2.47. The average Bonchev–Trinajstić information content (AvgIpc) is 2.70. The van der Waals surface area contributed by atoms with Crippen molar-refractivity contribution in [2.75, 3.05) is 14.2 Å². The van der Waals surface area contributed by atoms with E-state index in [9.17, 15) is 19.5 Å². The maximum atomic E-state index is 12.9. The zero-order chi connectivity index (χ0) is 18.9. The largest absolute Gasteiger partial charge is 0.469 e. The number of aliphatic hydroxyl groups is 1. The van der Waals surface area contributed by atoms with Crippen LogP contribution >= 0.6 is 0 Å². The number of hydrogen-bond donors (Lipinski definition) is 1. The lowest BCUT2D eigenvalue weighted by molar-refractivity contribution is -0.166. The van der Waals surface area contributed by atoms with Crippen LogP contribution in [0.2, 0.25) is 0 Å². The first-order chi connectivity index (χ1) is 12.5. The molecule has 1 aliphatic rings. The van der Waals surface area contributed by atoms with E-state index in [2.05, 4.69) is 0 Å². The zero-order valence-corrected chi connectivity index (χ0v) is 14.3. The Morgan fingerprint density at radius 3 is 2.12 bits per heavy atom. The number of hydrogen-bond acceptors (Lipinski definition) is 6. The fourth-order valence-corrected chi connectivity index (χ4v) is 3.59. The smallest absolute Gasteiger partial charge is 0.317 e. The van der Waals surface area contributed by atoms with E-state index < -0.39 is 35.2 Å². The van der Waals surface area contributed by atoms with E-state index in [-0.39, 0.29) is 11.1 Å². The Kier molecular flexibility index (Phi) is 4.61. The third-order valence-electron chi connectivity index (χ3n) is 4.79. The van der Waals surface area contributed by atoms with Crippen LogP contribution in [0.1, 0.15) is 21.5 Å². The van der Waals surface area contributed by atoms with Crippen molar-refractivity contribution in [1.29, 1.82) is 0 Å². The van der Waals surface area contributed by atoms with Crippen LogP contribution in [0.15, 0.2) is 54.6 Å². The summed E-state index contributed by atoms with van der Waals surface area (Å²) in [7, 11) is 2.28. The van der Waals surface area contributed by atoms with Gasteiger partial charge in [0, 0.05) is 5.56 Å². The van der Waals surface area contributed by atoms with E-state index >= 15 is 0 Å². The highest BCUT2D eigenvalue weighted by atomic mass is 16.5. The second kappa shape index (κ2) is 6.72. The predicted molar refractivity (Wildman–Crippen MR) is 91.2 cm³/mol. The van der Waals surface area contributed by atoms with E-state index in [1.54, 1.807) is 48.5 Å². The summed E-state index contributed by atoms with van der Waals surface area (Å²) in [5, 5.41) is 11.7. The maximum absolute atomic E-state index is 12.9. The minimum Gasteiger partial charge on any atom is -0.469 e. The molecule has 0 spiro atoms. The average molecular weight is 354 g/mol. The number of methoxy groups -OCH3 is 2. The highest BCUT2D eigenvalue weighted by molar-refractivity contribution is 6.13. The van der Waals surface area contributed by atoms with E-state index in [4.69, 9.17) is 9.47 Å². The van der Waals surface area contributed by atoms with Crippen molar-refractivity contribution in [3.8, 4) is 0 Å². The van der Waals surface area contributed by atoms with Gasteiger partial charge in [0.2, 0.25) is 0 Å². The van der Waals surface area contributed by atoms with Crippen molar-refractivity contribution < 1.29 is 29.0 Å². The summed E-state index contributed by atoms with van der Waals surface area (Å²) in [6.45, 7) is 0. The molecule has 3 rings (SSSR count).